The van der Waals surface area contributed by atoms with E-state index in [2.05, 4.69) is 10.5 Å². The first-order chi connectivity index (χ1) is 11.5. The zero-order chi connectivity index (χ0) is 17.3. The molecule has 1 unspecified atom stereocenters. The van der Waals surface area contributed by atoms with Crippen LogP contribution >= 0.6 is 0 Å². The smallest absolute Gasteiger partial charge is 0.231 e. The Balaban J connectivity index is 1.85. The molecule has 0 fully saturated rings. The van der Waals surface area contributed by atoms with Crippen molar-refractivity contribution >= 4 is 11.6 Å². The highest BCUT2D eigenvalue weighted by molar-refractivity contribution is 5.96. The zero-order valence-electron chi connectivity index (χ0n) is 13.7. The Kier molecular flexibility index (Phi) is 4.20. The normalized spacial score (nSPS) is 12.2. The Labute approximate surface area is 139 Å². The summed E-state index contributed by atoms with van der Waals surface area (Å²) in [7, 11) is 0. The summed E-state index contributed by atoms with van der Waals surface area (Å²) in [5.41, 5.74) is 2.30. The second kappa shape index (κ2) is 6.31. The number of nitrogens with zero attached hydrogens (tertiary/aromatic N) is 2. The molecule has 3 rings (SSSR count). The average Bonchev–Trinajstić information content (AvgIpc) is 3.19. The van der Waals surface area contributed by atoms with Gasteiger partial charge < -0.3 is 14.4 Å². The third kappa shape index (κ3) is 2.95. The summed E-state index contributed by atoms with van der Waals surface area (Å²) in [5, 5.41) is 6.52. The lowest BCUT2D eigenvalue weighted by Gasteiger charge is -2.14. The van der Waals surface area contributed by atoms with E-state index < -0.39 is 11.7 Å². The molecule has 0 saturated heterocycles. The lowest BCUT2D eigenvalue weighted by Crippen LogP contribution is -2.20. The maximum Gasteiger partial charge on any atom is 0.231 e. The minimum Gasteiger partial charge on any atom is -0.361 e. The van der Waals surface area contributed by atoms with E-state index >= 15 is 0 Å². The van der Waals surface area contributed by atoms with E-state index in [1.54, 1.807) is 32.9 Å². The van der Waals surface area contributed by atoms with Gasteiger partial charge in [-0.25, -0.2) is 4.39 Å². The van der Waals surface area contributed by atoms with Crippen molar-refractivity contribution in [1.29, 1.82) is 0 Å². The van der Waals surface area contributed by atoms with E-state index in [-0.39, 0.29) is 11.6 Å². The van der Waals surface area contributed by atoms with Crippen LogP contribution in [-0.2, 0) is 4.79 Å². The second-order valence-corrected chi connectivity index (χ2v) is 5.70. The lowest BCUT2D eigenvalue weighted by molar-refractivity contribution is -0.117. The molecule has 0 aliphatic carbocycles. The molecule has 2 heterocycles. The van der Waals surface area contributed by atoms with Gasteiger partial charge in [0.25, 0.3) is 0 Å². The third-order valence-electron chi connectivity index (χ3n) is 4.03. The zero-order valence-corrected chi connectivity index (χ0v) is 13.7. The number of aromatic nitrogens is 2. The van der Waals surface area contributed by atoms with Gasteiger partial charge >= 0.3 is 0 Å². The van der Waals surface area contributed by atoms with Gasteiger partial charge in [0, 0.05) is 23.6 Å². The number of aryl methyl sites for hydroxylation is 2. The van der Waals surface area contributed by atoms with Crippen LogP contribution in [0.4, 0.5) is 10.1 Å². The van der Waals surface area contributed by atoms with Crippen LogP contribution in [0.15, 0.2) is 47.2 Å². The van der Waals surface area contributed by atoms with Gasteiger partial charge in [0.05, 0.1) is 17.3 Å². The summed E-state index contributed by atoms with van der Waals surface area (Å²) in [6.07, 6.45) is 3.71. The fraction of sp³-hybridized carbons (Fsp3) is 0.222. The summed E-state index contributed by atoms with van der Waals surface area (Å²) in [5.74, 6) is -0.694. The lowest BCUT2D eigenvalue weighted by atomic mass is 9.98. The molecule has 0 aliphatic rings. The van der Waals surface area contributed by atoms with E-state index in [1.807, 2.05) is 29.1 Å². The molecule has 3 aromatic rings. The number of halogens is 1. The monoisotopic (exact) mass is 327 g/mol. The predicted octanol–water partition coefficient (Wildman–Crippen LogP) is 3.96. The quantitative estimate of drug-likeness (QED) is 0.789. The van der Waals surface area contributed by atoms with Crippen LogP contribution in [0.3, 0.4) is 0 Å². The van der Waals surface area contributed by atoms with Gasteiger partial charge in [-0.1, -0.05) is 5.16 Å². The fourth-order valence-electron chi connectivity index (χ4n) is 2.76. The molecule has 0 radical (unpaired) electrons. The summed E-state index contributed by atoms with van der Waals surface area (Å²) in [4.78, 5) is 12.5. The molecule has 0 spiro atoms. The number of anilines is 1. The molecular weight excluding hydrogens is 309 g/mol. The summed E-state index contributed by atoms with van der Waals surface area (Å²) >= 11 is 0. The van der Waals surface area contributed by atoms with Crippen molar-refractivity contribution < 1.29 is 13.7 Å². The van der Waals surface area contributed by atoms with Crippen LogP contribution in [0, 0.1) is 19.7 Å². The maximum atomic E-state index is 14.1. The molecule has 6 heteroatoms. The molecule has 0 bridgehead atoms. The second-order valence-electron chi connectivity index (χ2n) is 5.70. The molecule has 1 amide bonds. The number of nitrogens with one attached hydrogen (secondary N) is 1. The highest BCUT2D eigenvalue weighted by atomic mass is 19.1. The summed E-state index contributed by atoms with van der Waals surface area (Å²) in [6, 6.07) is 8.35. The highest BCUT2D eigenvalue weighted by Gasteiger charge is 2.23. The first-order valence-corrected chi connectivity index (χ1v) is 7.64. The first kappa shape index (κ1) is 16.0. The minimum absolute atomic E-state index is 0.143. The van der Waals surface area contributed by atoms with Crippen LogP contribution in [-0.4, -0.2) is 15.6 Å². The third-order valence-corrected chi connectivity index (χ3v) is 4.03. The number of hydrogen-bond acceptors (Lipinski definition) is 3. The van der Waals surface area contributed by atoms with Crippen molar-refractivity contribution in [3.63, 3.8) is 0 Å². The van der Waals surface area contributed by atoms with Crippen molar-refractivity contribution in [2.45, 2.75) is 26.7 Å². The van der Waals surface area contributed by atoms with Gasteiger partial charge in [0.15, 0.2) is 0 Å². The molecule has 2 aromatic heterocycles. The van der Waals surface area contributed by atoms with Crippen LogP contribution in [0.1, 0.15) is 29.9 Å². The van der Waals surface area contributed by atoms with Gasteiger partial charge in [0.2, 0.25) is 5.91 Å². The van der Waals surface area contributed by atoms with E-state index in [1.165, 1.54) is 6.07 Å². The molecule has 5 nitrogen and oxygen atoms in total. The molecule has 24 heavy (non-hydrogen) atoms. The first-order valence-electron chi connectivity index (χ1n) is 7.64. The van der Waals surface area contributed by atoms with E-state index in [0.717, 1.165) is 11.3 Å². The SMILES string of the molecule is Cc1noc(C)c1C(C)C(=O)Nc1cc(-n2cccc2)ccc1F. The van der Waals surface area contributed by atoms with Crippen LogP contribution in [0.2, 0.25) is 0 Å². The van der Waals surface area contributed by atoms with Crippen molar-refractivity contribution in [2.24, 2.45) is 0 Å². The summed E-state index contributed by atoms with van der Waals surface area (Å²) in [6.45, 7) is 5.28. The standard InChI is InChI=1S/C18H18FN3O2/c1-11(17-12(2)21-24-13(17)3)18(23)20-16-10-14(6-7-15(16)19)22-8-4-5-9-22/h4-11H,1-3H3,(H,20,23). The molecule has 124 valence electrons. The van der Waals surface area contributed by atoms with Crippen LogP contribution in [0.25, 0.3) is 5.69 Å². The topological polar surface area (TPSA) is 60.1 Å². The Morgan fingerprint density at radius 2 is 2.00 bits per heavy atom. The van der Waals surface area contributed by atoms with Gasteiger partial charge in [-0.05, 0) is 51.1 Å². The van der Waals surface area contributed by atoms with Gasteiger partial charge in [-0.2, -0.15) is 0 Å². The Morgan fingerprint density at radius 1 is 1.29 bits per heavy atom. The largest absolute Gasteiger partial charge is 0.361 e. The average molecular weight is 327 g/mol. The summed E-state index contributed by atoms with van der Waals surface area (Å²) < 4.78 is 21.0. The Hall–Kier alpha value is -2.89. The Morgan fingerprint density at radius 3 is 2.62 bits per heavy atom. The number of hydrogen-bond donors (Lipinski definition) is 1. The van der Waals surface area contributed by atoms with E-state index in [9.17, 15) is 9.18 Å². The Bertz CT molecular complexity index is 849. The minimum atomic E-state index is -0.495. The van der Waals surface area contributed by atoms with Gasteiger partial charge in [0.1, 0.15) is 11.6 Å². The molecule has 0 saturated carbocycles. The van der Waals surface area contributed by atoms with Crippen molar-refractivity contribution in [3.8, 4) is 5.69 Å². The van der Waals surface area contributed by atoms with E-state index in [4.69, 9.17) is 4.52 Å². The van der Waals surface area contributed by atoms with Gasteiger partial charge in [-0.15, -0.1) is 0 Å². The number of rotatable bonds is 4. The maximum absolute atomic E-state index is 14.1. The number of carbonyl (C=O) groups excluding carboxylic acids is 1. The number of carbonyl (C=O) groups is 1. The molecule has 1 atom stereocenters. The van der Waals surface area contributed by atoms with Crippen LogP contribution < -0.4 is 5.32 Å². The van der Waals surface area contributed by atoms with Crippen molar-refractivity contribution in [1.82, 2.24) is 9.72 Å². The number of benzene rings is 1. The van der Waals surface area contributed by atoms with Crippen molar-refractivity contribution in [2.75, 3.05) is 5.32 Å². The molecule has 1 N–H and O–H groups in total. The molecular formula is C18H18FN3O2. The fourth-order valence-corrected chi connectivity index (χ4v) is 2.76. The van der Waals surface area contributed by atoms with Crippen molar-refractivity contribution in [3.05, 3.63) is 65.6 Å². The molecule has 0 aliphatic heterocycles. The predicted molar refractivity (Wildman–Crippen MR) is 88.7 cm³/mol. The molecule has 1 aromatic carbocycles. The number of amides is 1. The van der Waals surface area contributed by atoms with Crippen LogP contribution in [0.5, 0.6) is 0 Å². The van der Waals surface area contributed by atoms with Gasteiger partial charge in [-0.3, -0.25) is 4.79 Å². The highest BCUT2D eigenvalue weighted by Crippen LogP contribution is 2.26. The van der Waals surface area contributed by atoms with E-state index in [0.29, 0.717) is 11.5 Å².